The van der Waals surface area contributed by atoms with Crippen molar-refractivity contribution in [1.82, 2.24) is 4.72 Å². The minimum Gasteiger partial charge on any atom is -0.598 e. The number of nitrogens with one attached hydrogen (secondary N) is 1. The number of hydrogen-bond donors (Lipinski definition) is 1. The topological polar surface area (TPSA) is 62.8 Å². The largest absolute Gasteiger partial charge is 0.598 e. The van der Waals surface area contributed by atoms with E-state index in [0.29, 0.717) is 12.5 Å². The van der Waals surface area contributed by atoms with Crippen LogP contribution < -0.4 is 4.72 Å². The van der Waals surface area contributed by atoms with Gasteiger partial charge in [-0.15, -0.1) is 4.72 Å². The Morgan fingerprint density at radius 3 is 1.91 bits per heavy atom. The van der Waals surface area contributed by atoms with Crippen molar-refractivity contribution in [2.75, 3.05) is 19.8 Å². The van der Waals surface area contributed by atoms with Gasteiger partial charge in [-0.1, -0.05) is 41.5 Å². The maximum Gasteiger partial charge on any atom is 0.192 e. The van der Waals surface area contributed by atoms with Gasteiger partial charge in [-0.2, -0.15) is 0 Å². The van der Waals surface area contributed by atoms with Gasteiger partial charge in [0.05, 0.1) is 18.8 Å². The third kappa shape index (κ3) is 8.98. The van der Waals surface area contributed by atoms with Crippen LogP contribution in [0.3, 0.4) is 0 Å². The Kier molecular flexibility index (Phi) is 10.6. The Morgan fingerprint density at radius 2 is 1.50 bits per heavy atom. The number of hydrogen-bond acceptors (Lipinski definition) is 5. The van der Waals surface area contributed by atoms with Crippen LogP contribution in [0.15, 0.2) is 0 Å². The average Bonchev–Trinajstić information content (AvgIpc) is 3.08. The molecule has 32 heavy (non-hydrogen) atoms. The molecule has 0 bridgehead atoms. The lowest BCUT2D eigenvalue weighted by Gasteiger charge is -2.44. The molecule has 5 nitrogen and oxygen atoms in total. The first-order chi connectivity index (χ1) is 14.2. The predicted molar refractivity (Wildman–Crippen MR) is 144 cm³/mol. The molecule has 4 atom stereocenters. The molecule has 1 aliphatic rings. The normalized spacial score (nSPS) is 22.1. The molecule has 8 heteroatoms. The lowest BCUT2D eigenvalue weighted by Crippen LogP contribution is -2.57. The van der Waals surface area contributed by atoms with E-state index in [4.69, 9.17) is 13.6 Å². The van der Waals surface area contributed by atoms with Crippen molar-refractivity contribution in [3.63, 3.8) is 0 Å². The zero-order valence-corrected chi connectivity index (χ0v) is 26.1. The molecule has 0 aromatic heterocycles. The maximum atomic E-state index is 13.2. The van der Waals surface area contributed by atoms with Crippen molar-refractivity contribution in [3.8, 4) is 0 Å². The van der Waals surface area contributed by atoms with E-state index in [1.165, 1.54) is 0 Å². The molecule has 0 spiro atoms. The molecule has 1 fully saturated rings. The third-order valence-corrected chi connectivity index (χ3v) is 18.2. The fourth-order valence-corrected chi connectivity index (χ4v) is 6.25. The molecule has 0 radical (unpaired) electrons. The van der Waals surface area contributed by atoms with Gasteiger partial charge in [0.1, 0.15) is 4.75 Å². The Morgan fingerprint density at radius 1 is 0.969 bits per heavy atom. The summed E-state index contributed by atoms with van der Waals surface area (Å²) in [6.45, 7) is 30.9. The molecule has 0 amide bonds. The van der Waals surface area contributed by atoms with Crippen molar-refractivity contribution in [1.29, 1.82) is 0 Å². The highest BCUT2D eigenvalue weighted by molar-refractivity contribution is 7.90. The maximum absolute atomic E-state index is 13.2. The van der Waals surface area contributed by atoms with Crippen molar-refractivity contribution < 1.29 is 18.1 Å². The minimum absolute atomic E-state index is 0.0411. The first-order valence-corrected chi connectivity index (χ1v) is 19.2. The summed E-state index contributed by atoms with van der Waals surface area (Å²) in [5, 5.41) is 0.220. The molecular formula is C24H53NO4SSi2. The quantitative estimate of drug-likeness (QED) is 0.280. The van der Waals surface area contributed by atoms with Crippen LogP contribution in [0.25, 0.3) is 0 Å². The Labute approximate surface area is 204 Å². The molecule has 0 aromatic carbocycles. The molecule has 1 saturated heterocycles. The Bertz CT molecular complexity index is 576. The summed E-state index contributed by atoms with van der Waals surface area (Å²) in [4.78, 5) is 0. The second kappa shape index (κ2) is 11.1. The van der Waals surface area contributed by atoms with Crippen LogP contribution in [0, 0.1) is 5.92 Å². The van der Waals surface area contributed by atoms with E-state index in [-0.39, 0.29) is 27.0 Å². The molecule has 1 aliphatic heterocycles. The lowest BCUT2D eigenvalue weighted by molar-refractivity contribution is 0.0726. The van der Waals surface area contributed by atoms with Gasteiger partial charge in [-0.3, -0.25) is 0 Å². The van der Waals surface area contributed by atoms with Crippen molar-refractivity contribution >= 4 is 28.0 Å². The van der Waals surface area contributed by atoms with Crippen LogP contribution >= 0.6 is 0 Å². The van der Waals surface area contributed by atoms with Gasteiger partial charge in [0, 0.05) is 24.6 Å². The summed E-state index contributed by atoms with van der Waals surface area (Å²) in [5.41, 5.74) is 0. The van der Waals surface area contributed by atoms with Gasteiger partial charge < -0.3 is 18.1 Å². The Balaban J connectivity index is 3.24. The monoisotopic (exact) mass is 507 g/mol. The van der Waals surface area contributed by atoms with Crippen LogP contribution in [0.1, 0.15) is 75.2 Å². The smallest absolute Gasteiger partial charge is 0.192 e. The molecule has 1 unspecified atom stereocenters. The van der Waals surface area contributed by atoms with Crippen LogP contribution in [0.4, 0.5) is 0 Å². The first-order valence-electron chi connectivity index (χ1n) is 12.2. The fourth-order valence-electron chi connectivity index (χ4n) is 3.01. The van der Waals surface area contributed by atoms with Crippen LogP contribution in [-0.4, -0.2) is 57.9 Å². The van der Waals surface area contributed by atoms with E-state index in [9.17, 15) is 4.55 Å². The molecule has 1 heterocycles. The van der Waals surface area contributed by atoms with E-state index in [0.717, 1.165) is 26.1 Å². The summed E-state index contributed by atoms with van der Waals surface area (Å²) < 4.78 is 35.7. The SMILES string of the molecule is CC(C)(C)[S@+]([O-])N[C@@H](CC1CCOC1)[C@@H](CO[Si](C)(C)C(C)(C)C)O[Si](C)(C)C(C)(C)C. The fraction of sp³-hybridized carbons (Fsp3) is 1.00. The minimum atomic E-state index is -2.06. The highest BCUT2D eigenvalue weighted by Gasteiger charge is 2.45. The second-order valence-electron chi connectivity index (χ2n) is 13.6. The molecule has 0 aliphatic carbocycles. The zero-order valence-electron chi connectivity index (χ0n) is 23.3. The standard InChI is InChI=1S/C24H53NO4SSi2/c1-22(2,3)30(26)25-20(16-19-14-15-27-17-19)21(29-32(12,13)24(7,8)9)18-28-31(10,11)23(4,5)6/h19-21,25H,14-18H2,1-13H3/t19?,20-,21+,30-/m0/s1. The second-order valence-corrected chi connectivity index (χ2v) is 25.1. The van der Waals surface area contributed by atoms with E-state index in [1.54, 1.807) is 0 Å². The van der Waals surface area contributed by atoms with E-state index >= 15 is 0 Å². The molecule has 1 rings (SSSR count). The van der Waals surface area contributed by atoms with Gasteiger partial charge in [-0.05, 0) is 75.8 Å². The first kappa shape index (κ1) is 30.6. The third-order valence-electron chi connectivity index (χ3n) is 7.54. The van der Waals surface area contributed by atoms with Crippen molar-refractivity contribution in [2.45, 2.75) is 128 Å². The molecular weight excluding hydrogens is 455 g/mol. The summed E-state index contributed by atoms with van der Waals surface area (Å²) in [5.74, 6) is 0.461. The van der Waals surface area contributed by atoms with Crippen molar-refractivity contribution in [2.24, 2.45) is 5.92 Å². The highest BCUT2D eigenvalue weighted by atomic mass is 32.2. The van der Waals surface area contributed by atoms with Gasteiger partial charge in [0.25, 0.3) is 0 Å². The summed E-state index contributed by atoms with van der Waals surface area (Å²) in [6.07, 6.45) is 1.80. The molecule has 0 saturated carbocycles. The van der Waals surface area contributed by atoms with Gasteiger partial charge in [0.15, 0.2) is 16.6 Å². The predicted octanol–water partition coefficient (Wildman–Crippen LogP) is 6.25. The van der Waals surface area contributed by atoms with Gasteiger partial charge in [0.2, 0.25) is 0 Å². The van der Waals surface area contributed by atoms with Crippen LogP contribution in [0.5, 0.6) is 0 Å². The van der Waals surface area contributed by atoms with E-state index in [2.05, 4.69) is 72.5 Å². The van der Waals surface area contributed by atoms with Gasteiger partial charge in [-0.25, -0.2) is 0 Å². The van der Waals surface area contributed by atoms with Crippen LogP contribution in [0.2, 0.25) is 36.3 Å². The summed E-state index contributed by atoms with van der Waals surface area (Å²) in [6, 6.07) is -0.0411. The molecule has 192 valence electrons. The molecule has 0 aromatic rings. The Hall–Kier alpha value is 0.584. The zero-order chi connectivity index (χ0) is 25.2. The lowest BCUT2D eigenvalue weighted by atomic mass is 9.97. The average molecular weight is 508 g/mol. The summed E-state index contributed by atoms with van der Waals surface area (Å²) >= 11 is -1.18. The number of ether oxygens (including phenoxy) is 1. The molecule has 1 N–H and O–H groups in total. The van der Waals surface area contributed by atoms with Gasteiger partial charge >= 0.3 is 0 Å². The van der Waals surface area contributed by atoms with Crippen LogP contribution in [-0.2, 0) is 25.0 Å². The van der Waals surface area contributed by atoms with Crippen molar-refractivity contribution in [3.05, 3.63) is 0 Å². The summed E-state index contributed by atoms with van der Waals surface area (Å²) in [7, 11) is -4.01. The highest BCUT2D eigenvalue weighted by Crippen LogP contribution is 2.40. The van der Waals surface area contributed by atoms with E-state index in [1.807, 2.05) is 20.8 Å². The number of rotatable bonds is 10. The van der Waals surface area contributed by atoms with E-state index < -0.39 is 28.0 Å².